The van der Waals surface area contributed by atoms with Gasteiger partial charge in [-0.15, -0.1) is 0 Å². The molecule has 1 aliphatic rings. The fourth-order valence-electron chi connectivity index (χ4n) is 4.91. The molecule has 35 heavy (non-hydrogen) atoms. The van der Waals surface area contributed by atoms with E-state index in [1.165, 1.54) is 0 Å². The highest BCUT2D eigenvalue weighted by Crippen LogP contribution is 2.40. The average Bonchev–Trinajstić information content (AvgIpc) is 3.15. The van der Waals surface area contributed by atoms with Gasteiger partial charge in [0.15, 0.2) is 0 Å². The van der Waals surface area contributed by atoms with Crippen LogP contribution >= 0.6 is 0 Å². The van der Waals surface area contributed by atoms with E-state index < -0.39 is 11.5 Å². The zero-order valence-corrected chi connectivity index (χ0v) is 19.1. The van der Waals surface area contributed by atoms with Crippen LogP contribution in [0.4, 0.5) is 11.4 Å². The number of unbranched alkanes of at least 4 members (excludes halogenated alkanes) is 1. The molecule has 2 heterocycles. The van der Waals surface area contributed by atoms with Gasteiger partial charge < -0.3 is 14.6 Å². The summed E-state index contributed by atoms with van der Waals surface area (Å²) in [5.41, 5.74) is 1.68. The van der Waals surface area contributed by atoms with Crippen LogP contribution in [0.15, 0.2) is 82.0 Å². The smallest absolute Gasteiger partial charge is 0.349 e. The van der Waals surface area contributed by atoms with Crippen molar-refractivity contribution in [3.05, 3.63) is 94.3 Å². The third-order valence-corrected chi connectivity index (χ3v) is 6.66. The Morgan fingerprint density at radius 3 is 2.60 bits per heavy atom. The number of amides is 2. The number of nitrogens with one attached hydrogen (secondary N) is 1. The van der Waals surface area contributed by atoms with Crippen molar-refractivity contribution < 1.29 is 14.0 Å². The van der Waals surface area contributed by atoms with E-state index in [1.54, 1.807) is 23.1 Å². The zero-order valence-electron chi connectivity index (χ0n) is 19.1. The van der Waals surface area contributed by atoms with Crippen LogP contribution in [0.25, 0.3) is 32.5 Å². The van der Waals surface area contributed by atoms with Crippen molar-refractivity contribution in [3.63, 3.8) is 0 Å². The first-order chi connectivity index (χ1) is 17.1. The molecule has 172 valence electrons. The molecule has 0 aliphatic carbocycles. The normalized spacial score (nSPS) is 12.7. The number of benzene rings is 4. The molecule has 0 saturated carbocycles. The fraction of sp³-hybridized carbons (Fsp3) is 0.138. The molecule has 1 aliphatic heterocycles. The van der Waals surface area contributed by atoms with Gasteiger partial charge in [0.1, 0.15) is 11.1 Å². The lowest BCUT2D eigenvalue weighted by Crippen LogP contribution is -2.27. The Balaban J connectivity index is 1.42. The number of fused-ring (bicyclic) bond motifs is 3. The first-order valence-electron chi connectivity index (χ1n) is 11.7. The lowest BCUT2D eigenvalue weighted by Gasteiger charge is -2.17. The van der Waals surface area contributed by atoms with Gasteiger partial charge in [0.05, 0.1) is 5.69 Å². The number of carbonyl (C=O) groups excluding carboxylic acids is 2. The second-order valence-electron chi connectivity index (χ2n) is 8.77. The highest BCUT2D eigenvalue weighted by Gasteiger charge is 2.30. The number of rotatable bonds is 5. The zero-order chi connectivity index (χ0) is 24.1. The van der Waals surface area contributed by atoms with E-state index in [0.717, 1.165) is 40.1 Å². The summed E-state index contributed by atoms with van der Waals surface area (Å²) < 4.78 is 5.49. The quantitative estimate of drug-likeness (QED) is 0.252. The molecule has 1 N–H and O–H groups in total. The van der Waals surface area contributed by atoms with E-state index >= 15 is 0 Å². The number of hydrogen-bond donors (Lipinski definition) is 1. The Bertz CT molecular complexity index is 1730. The van der Waals surface area contributed by atoms with Gasteiger partial charge >= 0.3 is 5.63 Å². The van der Waals surface area contributed by atoms with Crippen LogP contribution < -0.4 is 15.8 Å². The van der Waals surface area contributed by atoms with Gasteiger partial charge in [-0.05, 0) is 47.5 Å². The van der Waals surface area contributed by atoms with Crippen molar-refractivity contribution >= 4 is 55.7 Å². The molecule has 0 unspecified atom stereocenters. The molecular weight excluding hydrogens is 440 g/mol. The Morgan fingerprint density at radius 1 is 0.914 bits per heavy atom. The maximum absolute atomic E-state index is 13.3. The van der Waals surface area contributed by atoms with E-state index in [-0.39, 0.29) is 11.5 Å². The minimum atomic E-state index is -0.697. The summed E-state index contributed by atoms with van der Waals surface area (Å²) in [6.07, 6.45) is 1.90. The first-order valence-corrected chi connectivity index (χ1v) is 11.7. The maximum Gasteiger partial charge on any atom is 0.349 e. The predicted molar refractivity (Wildman–Crippen MR) is 138 cm³/mol. The number of hydrogen-bond acceptors (Lipinski definition) is 4. The minimum Gasteiger partial charge on any atom is -0.422 e. The number of nitrogens with zero attached hydrogens (tertiary/aromatic N) is 1. The third-order valence-electron chi connectivity index (χ3n) is 6.66. The summed E-state index contributed by atoms with van der Waals surface area (Å²) in [6.45, 7) is 2.74. The van der Waals surface area contributed by atoms with Crippen molar-refractivity contribution in [2.24, 2.45) is 0 Å². The SMILES string of the molecule is CCCCN1C(=O)c2cccc3c(NC(=O)c4cc5c(ccc6ccccc65)oc4=O)ccc1c23. The molecule has 0 radical (unpaired) electrons. The minimum absolute atomic E-state index is 0.0235. The molecule has 0 atom stereocenters. The van der Waals surface area contributed by atoms with Gasteiger partial charge in [-0.2, -0.15) is 0 Å². The molecule has 2 amide bonds. The first kappa shape index (κ1) is 21.1. The highest BCUT2D eigenvalue weighted by atomic mass is 16.4. The Morgan fingerprint density at radius 2 is 1.74 bits per heavy atom. The summed E-state index contributed by atoms with van der Waals surface area (Å²) >= 11 is 0. The van der Waals surface area contributed by atoms with Gasteiger partial charge in [-0.25, -0.2) is 4.79 Å². The summed E-state index contributed by atoms with van der Waals surface area (Å²) in [4.78, 5) is 40.8. The monoisotopic (exact) mass is 462 g/mol. The summed E-state index contributed by atoms with van der Waals surface area (Å²) in [5, 5.41) is 7.06. The molecular formula is C29H22N2O4. The molecule has 0 fully saturated rings. The molecule has 4 aromatic carbocycles. The summed E-state index contributed by atoms with van der Waals surface area (Å²) in [7, 11) is 0. The van der Waals surface area contributed by atoms with Crippen molar-refractivity contribution in [2.45, 2.75) is 19.8 Å². The van der Waals surface area contributed by atoms with Crippen molar-refractivity contribution in [2.75, 3.05) is 16.8 Å². The topological polar surface area (TPSA) is 79.6 Å². The van der Waals surface area contributed by atoms with Gasteiger partial charge in [-0.1, -0.05) is 55.8 Å². The Hall–Kier alpha value is -4.45. The third kappa shape index (κ3) is 3.29. The number of carbonyl (C=O) groups is 2. The van der Waals surface area contributed by atoms with Crippen molar-refractivity contribution in [1.29, 1.82) is 0 Å². The predicted octanol–water partition coefficient (Wildman–Crippen LogP) is 6.11. The maximum atomic E-state index is 13.3. The van der Waals surface area contributed by atoms with Crippen LogP contribution in [-0.2, 0) is 0 Å². The van der Waals surface area contributed by atoms with Crippen molar-refractivity contribution in [3.8, 4) is 0 Å². The molecule has 1 aromatic heterocycles. The summed E-state index contributed by atoms with van der Waals surface area (Å²) in [6, 6.07) is 22.1. The van der Waals surface area contributed by atoms with E-state index in [1.807, 2.05) is 54.6 Å². The molecule has 0 spiro atoms. The van der Waals surface area contributed by atoms with Crippen LogP contribution in [0.2, 0.25) is 0 Å². The molecule has 6 rings (SSSR count). The highest BCUT2D eigenvalue weighted by molar-refractivity contribution is 6.27. The molecule has 0 saturated heterocycles. The largest absolute Gasteiger partial charge is 0.422 e. The Labute approximate surface area is 200 Å². The van der Waals surface area contributed by atoms with E-state index in [0.29, 0.717) is 28.8 Å². The molecule has 6 heteroatoms. The van der Waals surface area contributed by atoms with Gasteiger partial charge in [0, 0.05) is 34.0 Å². The van der Waals surface area contributed by atoms with Crippen LogP contribution in [0.5, 0.6) is 0 Å². The average molecular weight is 463 g/mol. The molecule has 6 nitrogen and oxygen atoms in total. The fourth-order valence-corrected chi connectivity index (χ4v) is 4.91. The van der Waals surface area contributed by atoms with Crippen LogP contribution in [0, 0.1) is 0 Å². The second kappa shape index (κ2) is 8.09. The van der Waals surface area contributed by atoms with Crippen LogP contribution in [-0.4, -0.2) is 18.4 Å². The van der Waals surface area contributed by atoms with E-state index in [4.69, 9.17) is 4.42 Å². The van der Waals surface area contributed by atoms with Crippen molar-refractivity contribution in [1.82, 2.24) is 0 Å². The summed E-state index contributed by atoms with van der Waals surface area (Å²) in [5.74, 6) is -0.578. The molecule has 0 bridgehead atoms. The van der Waals surface area contributed by atoms with Gasteiger partial charge in [0.25, 0.3) is 11.8 Å². The second-order valence-corrected chi connectivity index (χ2v) is 8.77. The Kier molecular flexibility index (Phi) is 4.88. The van der Waals surface area contributed by atoms with E-state index in [2.05, 4.69) is 12.2 Å². The number of anilines is 2. The van der Waals surface area contributed by atoms with Crippen LogP contribution in [0.3, 0.4) is 0 Å². The van der Waals surface area contributed by atoms with Gasteiger partial charge in [-0.3, -0.25) is 9.59 Å². The standard InChI is InChI=1S/C29H22N2O4/c1-2-3-15-31-24-13-12-23(19-9-6-10-20(26(19)24)28(31)33)30-27(32)22-16-21-18-8-5-4-7-17(18)11-14-25(21)35-29(22)34/h4-14,16H,2-3,15H2,1H3,(H,30,32). The van der Waals surface area contributed by atoms with E-state index in [9.17, 15) is 14.4 Å². The van der Waals surface area contributed by atoms with Gasteiger partial charge in [0.2, 0.25) is 0 Å². The lowest BCUT2D eigenvalue weighted by molar-refractivity contribution is 0.0990. The molecule has 5 aromatic rings. The lowest BCUT2D eigenvalue weighted by atomic mass is 10.0. The van der Waals surface area contributed by atoms with Crippen LogP contribution in [0.1, 0.15) is 40.5 Å².